The number of hydrogen-bond donors (Lipinski definition) is 1. The molecule has 1 N–H and O–H groups in total. The zero-order valence-electron chi connectivity index (χ0n) is 15.9. The lowest BCUT2D eigenvalue weighted by Gasteiger charge is -2.17. The molecular formula is C22H23NO5. The lowest BCUT2D eigenvalue weighted by atomic mass is 10.2. The van der Waals surface area contributed by atoms with Crippen molar-refractivity contribution in [2.45, 2.75) is 32.4 Å². The summed E-state index contributed by atoms with van der Waals surface area (Å²) in [6.45, 7) is 2.74. The molecule has 0 aliphatic carbocycles. The first kappa shape index (κ1) is 19.5. The Bertz CT molecular complexity index is 977. The Morgan fingerprint density at radius 3 is 2.54 bits per heavy atom. The van der Waals surface area contributed by atoms with Crippen molar-refractivity contribution < 1.29 is 24.2 Å². The van der Waals surface area contributed by atoms with Crippen LogP contribution >= 0.6 is 0 Å². The van der Waals surface area contributed by atoms with E-state index < -0.39 is 18.0 Å². The molecule has 0 spiro atoms. The Hall–Kier alpha value is -3.28. The molecule has 0 saturated heterocycles. The van der Waals surface area contributed by atoms with Crippen molar-refractivity contribution in [1.82, 2.24) is 4.57 Å². The summed E-state index contributed by atoms with van der Waals surface area (Å²) < 4.78 is 12.9. The largest absolute Gasteiger partial charge is 0.481 e. The molecule has 1 aromatic heterocycles. The van der Waals surface area contributed by atoms with Gasteiger partial charge in [-0.15, -0.1) is 0 Å². The summed E-state index contributed by atoms with van der Waals surface area (Å²) in [6.07, 6.45) is -1.10. The molecule has 3 rings (SSSR count). The summed E-state index contributed by atoms with van der Waals surface area (Å²) in [4.78, 5) is 22.9. The van der Waals surface area contributed by atoms with E-state index in [4.69, 9.17) is 14.6 Å². The first-order valence-corrected chi connectivity index (χ1v) is 9.08. The number of fused-ring (bicyclic) bond motifs is 1. The molecule has 0 radical (unpaired) electrons. The number of rotatable bonds is 8. The van der Waals surface area contributed by atoms with Crippen LogP contribution in [0.15, 0.2) is 54.6 Å². The highest BCUT2D eigenvalue weighted by molar-refractivity contribution is 5.88. The molecule has 0 saturated carbocycles. The predicted octanol–water partition coefficient (Wildman–Crippen LogP) is 3.78. The Labute approximate surface area is 163 Å². The minimum absolute atomic E-state index is 0.0438. The van der Waals surface area contributed by atoms with Crippen LogP contribution in [0.2, 0.25) is 0 Å². The van der Waals surface area contributed by atoms with E-state index in [1.54, 1.807) is 6.07 Å². The number of nitrogens with zero attached hydrogens (tertiary/aromatic N) is 1. The van der Waals surface area contributed by atoms with Crippen molar-refractivity contribution in [3.8, 4) is 5.75 Å². The highest BCUT2D eigenvalue weighted by atomic mass is 16.6. The third-order valence-electron chi connectivity index (χ3n) is 4.65. The monoisotopic (exact) mass is 381 g/mol. The van der Waals surface area contributed by atoms with Crippen molar-refractivity contribution in [2.24, 2.45) is 0 Å². The van der Waals surface area contributed by atoms with Crippen LogP contribution in [-0.4, -0.2) is 34.8 Å². The fourth-order valence-corrected chi connectivity index (χ4v) is 3.23. The van der Waals surface area contributed by atoms with Gasteiger partial charge in [0, 0.05) is 30.5 Å². The van der Waals surface area contributed by atoms with Crippen molar-refractivity contribution in [3.05, 3.63) is 65.9 Å². The summed E-state index contributed by atoms with van der Waals surface area (Å²) in [6, 6.07) is 17.8. The third-order valence-corrected chi connectivity index (χ3v) is 4.65. The molecule has 28 heavy (non-hydrogen) atoms. The maximum Gasteiger partial charge on any atom is 0.347 e. The van der Waals surface area contributed by atoms with Crippen LogP contribution in [0.3, 0.4) is 0 Å². The van der Waals surface area contributed by atoms with E-state index in [0.717, 1.165) is 23.1 Å². The van der Waals surface area contributed by atoms with Crippen molar-refractivity contribution in [2.75, 3.05) is 7.11 Å². The smallest absolute Gasteiger partial charge is 0.347 e. The lowest BCUT2D eigenvalue weighted by Crippen LogP contribution is -2.29. The second kappa shape index (κ2) is 8.61. The Balaban J connectivity index is 1.92. The number of aromatic nitrogens is 1. The third kappa shape index (κ3) is 4.34. The van der Waals surface area contributed by atoms with Crippen LogP contribution in [0.5, 0.6) is 5.75 Å². The average Bonchev–Trinajstić information content (AvgIpc) is 3.01. The molecule has 0 fully saturated rings. The molecule has 2 aromatic carbocycles. The van der Waals surface area contributed by atoms with Gasteiger partial charge in [0.1, 0.15) is 5.75 Å². The van der Waals surface area contributed by atoms with Crippen LogP contribution in [-0.2, 0) is 20.9 Å². The standard InChI is InChI=1S/C22H23NO5/c1-15-13-17-18(23(15)14-16-7-4-3-5-8-16)9-6-10-19(17)28-20(22(26)27-2)11-12-21(24)25/h3-10,13,20H,11-12,14H2,1-2H3,(H,24,25). The molecule has 0 bridgehead atoms. The van der Waals surface area contributed by atoms with Crippen LogP contribution in [0.25, 0.3) is 10.9 Å². The molecule has 0 aliphatic heterocycles. The maximum absolute atomic E-state index is 12.0. The van der Waals surface area contributed by atoms with Gasteiger partial charge in [-0.05, 0) is 30.7 Å². The summed E-state index contributed by atoms with van der Waals surface area (Å²) in [5.41, 5.74) is 3.24. The molecule has 1 heterocycles. The number of carbonyl (C=O) groups is 2. The van der Waals surface area contributed by atoms with Crippen molar-refractivity contribution in [1.29, 1.82) is 0 Å². The number of benzene rings is 2. The highest BCUT2D eigenvalue weighted by Crippen LogP contribution is 2.30. The van der Waals surface area contributed by atoms with Gasteiger partial charge in [0.15, 0.2) is 6.10 Å². The molecule has 0 amide bonds. The number of aliphatic carboxylic acids is 1. The summed E-state index contributed by atoms with van der Waals surface area (Å²) in [5, 5.41) is 9.80. The lowest BCUT2D eigenvalue weighted by molar-refractivity contribution is -0.149. The normalized spacial score (nSPS) is 11.9. The van der Waals surface area contributed by atoms with E-state index in [1.807, 2.05) is 43.3 Å². The number of ether oxygens (including phenoxy) is 2. The van der Waals surface area contributed by atoms with Gasteiger partial charge in [0.05, 0.1) is 12.6 Å². The van der Waals surface area contributed by atoms with Crippen LogP contribution in [0, 0.1) is 6.92 Å². The molecule has 6 heteroatoms. The Morgan fingerprint density at radius 2 is 1.86 bits per heavy atom. The fourth-order valence-electron chi connectivity index (χ4n) is 3.23. The van der Waals surface area contributed by atoms with Gasteiger partial charge in [-0.1, -0.05) is 36.4 Å². The molecular weight excluding hydrogens is 358 g/mol. The van der Waals surface area contributed by atoms with E-state index in [9.17, 15) is 9.59 Å². The second-order valence-corrected chi connectivity index (χ2v) is 6.61. The van der Waals surface area contributed by atoms with E-state index in [2.05, 4.69) is 16.7 Å². The van der Waals surface area contributed by atoms with Crippen LogP contribution in [0.4, 0.5) is 0 Å². The molecule has 1 atom stereocenters. The average molecular weight is 381 g/mol. The van der Waals surface area contributed by atoms with Gasteiger partial charge in [0.2, 0.25) is 0 Å². The maximum atomic E-state index is 12.0. The molecule has 6 nitrogen and oxygen atoms in total. The van der Waals surface area contributed by atoms with Crippen LogP contribution in [0.1, 0.15) is 24.1 Å². The number of carboxylic acids is 1. The van der Waals surface area contributed by atoms with Crippen LogP contribution < -0.4 is 4.74 Å². The summed E-state index contributed by atoms with van der Waals surface area (Å²) >= 11 is 0. The van der Waals surface area contributed by atoms with Gasteiger partial charge in [-0.3, -0.25) is 4.79 Å². The number of hydrogen-bond acceptors (Lipinski definition) is 4. The van der Waals surface area contributed by atoms with Gasteiger partial charge in [-0.2, -0.15) is 0 Å². The molecule has 3 aromatic rings. The number of carbonyl (C=O) groups excluding carboxylic acids is 1. The minimum atomic E-state index is -0.986. The molecule has 0 aliphatic rings. The second-order valence-electron chi connectivity index (χ2n) is 6.61. The number of methoxy groups -OCH3 is 1. The summed E-state index contributed by atoms with van der Waals surface area (Å²) in [5.74, 6) is -1.03. The van der Waals surface area contributed by atoms with Gasteiger partial charge < -0.3 is 19.1 Å². The number of esters is 1. The van der Waals surface area contributed by atoms with Gasteiger partial charge in [-0.25, -0.2) is 4.79 Å². The van der Waals surface area contributed by atoms with E-state index >= 15 is 0 Å². The SMILES string of the molecule is COC(=O)C(CCC(=O)O)Oc1cccc2c1cc(C)n2Cc1ccccc1. The predicted molar refractivity (Wildman–Crippen MR) is 106 cm³/mol. The quantitative estimate of drug-likeness (QED) is 0.601. The number of carboxylic acid groups (broad SMARTS) is 1. The first-order valence-electron chi connectivity index (χ1n) is 9.08. The first-order chi connectivity index (χ1) is 13.5. The highest BCUT2D eigenvalue weighted by Gasteiger charge is 2.23. The van der Waals surface area contributed by atoms with E-state index in [1.165, 1.54) is 12.7 Å². The van der Waals surface area contributed by atoms with Gasteiger partial charge >= 0.3 is 11.9 Å². The summed E-state index contributed by atoms with van der Waals surface area (Å²) in [7, 11) is 1.26. The minimum Gasteiger partial charge on any atom is -0.481 e. The zero-order chi connectivity index (χ0) is 20.1. The Kier molecular flexibility index (Phi) is 5.99. The van der Waals surface area contributed by atoms with E-state index in [0.29, 0.717) is 5.75 Å². The fraction of sp³-hybridized carbons (Fsp3) is 0.273. The molecule has 1 unspecified atom stereocenters. The number of aryl methyl sites for hydroxylation is 1. The van der Waals surface area contributed by atoms with E-state index in [-0.39, 0.29) is 12.8 Å². The topological polar surface area (TPSA) is 77.8 Å². The van der Waals surface area contributed by atoms with Gasteiger partial charge in [0.25, 0.3) is 0 Å². The Morgan fingerprint density at radius 1 is 1.11 bits per heavy atom. The van der Waals surface area contributed by atoms with Crippen molar-refractivity contribution >= 4 is 22.8 Å². The zero-order valence-corrected chi connectivity index (χ0v) is 15.9. The van der Waals surface area contributed by atoms with Crippen molar-refractivity contribution in [3.63, 3.8) is 0 Å². The molecule has 146 valence electrons.